The number of carbonyl (C=O) groups is 1. The summed E-state index contributed by atoms with van der Waals surface area (Å²) in [6.07, 6.45) is -3.39. The molecule has 0 atom stereocenters. The van der Waals surface area contributed by atoms with E-state index in [0.29, 0.717) is 11.3 Å². The molecular formula is C8H7F3N2OS. The zero-order chi connectivity index (χ0) is 11.5. The predicted molar refractivity (Wildman–Crippen MR) is 49.2 cm³/mol. The van der Waals surface area contributed by atoms with E-state index in [2.05, 4.69) is 16.9 Å². The van der Waals surface area contributed by atoms with E-state index in [-0.39, 0.29) is 12.2 Å². The molecule has 0 fully saturated rings. The molecule has 7 heteroatoms. The fraction of sp³-hybridized carbons (Fsp3) is 0.250. The summed E-state index contributed by atoms with van der Waals surface area (Å²) in [5.74, 6) is -0.448. The van der Waals surface area contributed by atoms with Crippen molar-refractivity contribution >= 4 is 17.2 Å². The van der Waals surface area contributed by atoms with Crippen molar-refractivity contribution in [2.45, 2.75) is 12.7 Å². The number of thiazole rings is 1. The molecule has 1 aromatic rings. The van der Waals surface area contributed by atoms with Gasteiger partial charge in [0.05, 0.1) is 12.2 Å². The molecule has 15 heavy (non-hydrogen) atoms. The molecule has 0 radical (unpaired) electrons. The van der Waals surface area contributed by atoms with Gasteiger partial charge in [0.25, 0.3) is 0 Å². The Bertz CT molecular complexity index is 372. The average Bonchev–Trinajstić information content (AvgIpc) is 2.61. The van der Waals surface area contributed by atoms with Gasteiger partial charge in [0.2, 0.25) is 5.91 Å². The summed E-state index contributed by atoms with van der Waals surface area (Å²) in [4.78, 5) is 14.0. The van der Waals surface area contributed by atoms with Gasteiger partial charge in [-0.05, 0) is 6.08 Å². The molecule has 0 aliphatic heterocycles. The number of nitrogens with zero attached hydrogens (tertiary/aromatic N) is 1. The minimum absolute atomic E-state index is 0.0303. The molecule has 1 rings (SSSR count). The van der Waals surface area contributed by atoms with Crippen molar-refractivity contribution in [3.05, 3.63) is 28.7 Å². The Kier molecular flexibility index (Phi) is 3.46. The molecule has 0 saturated heterocycles. The van der Waals surface area contributed by atoms with Crippen molar-refractivity contribution in [1.29, 1.82) is 0 Å². The third-order valence-corrected chi connectivity index (χ3v) is 2.36. The summed E-state index contributed by atoms with van der Waals surface area (Å²) in [7, 11) is 0. The van der Waals surface area contributed by atoms with Crippen molar-refractivity contribution in [1.82, 2.24) is 10.3 Å². The first-order valence-corrected chi connectivity index (χ1v) is 4.73. The number of hydrogen-bond donors (Lipinski definition) is 1. The lowest BCUT2D eigenvalue weighted by molar-refractivity contribution is -0.137. The number of rotatable bonds is 3. The van der Waals surface area contributed by atoms with Crippen LogP contribution in [-0.4, -0.2) is 10.9 Å². The van der Waals surface area contributed by atoms with Gasteiger partial charge in [-0.15, -0.1) is 11.3 Å². The zero-order valence-electron chi connectivity index (χ0n) is 7.47. The van der Waals surface area contributed by atoms with Crippen molar-refractivity contribution in [3.8, 4) is 0 Å². The highest BCUT2D eigenvalue weighted by atomic mass is 32.1. The molecule has 82 valence electrons. The Balaban J connectivity index is 2.61. The van der Waals surface area contributed by atoms with Crippen molar-refractivity contribution in [3.63, 3.8) is 0 Å². The lowest BCUT2D eigenvalue weighted by Crippen LogP contribution is -2.20. The third-order valence-electron chi connectivity index (χ3n) is 1.42. The van der Waals surface area contributed by atoms with Crippen LogP contribution in [0.15, 0.2) is 18.0 Å². The summed E-state index contributed by atoms with van der Waals surface area (Å²) in [6, 6.07) is 0. The maximum Gasteiger partial charge on any atom is 0.443 e. The van der Waals surface area contributed by atoms with Gasteiger partial charge in [0, 0.05) is 5.38 Å². The maximum absolute atomic E-state index is 12.1. The van der Waals surface area contributed by atoms with Gasteiger partial charge in [0.15, 0.2) is 5.01 Å². The van der Waals surface area contributed by atoms with E-state index >= 15 is 0 Å². The first-order chi connectivity index (χ1) is 6.93. The Morgan fingerprint density at radius 3 is 2.80 bits per heavy atom. The van der Waals surface area contributed by atoms with Crippen molar-refractivity contribution in [2.75, 3.05) is 0 Å². The molecule has 3 nitrogen and oxygen atoms in total. The van der Waals surface area contributed by atoms with Crippen LogP contribution in [0.5, 0.6) is 0 Å². The summed E-state index contributed by atoms with van der Waals surface area (Å²) in [5.41, 5.74) is 0.183. The number of amides is 1. The van der Waals surface area contributed by atoms with Gasteiger partial charge in [-0.25, -0.2) is 4.98 Å². The van der Waals surface area contributed by atoms with E-state index in [1.165, 1.54) is 5.38 Å². The first-order valence-electron chi connectivity index (χ1n) is 3.85. The summed E-state index contributed by atoms with van der Waals surface area (Å²) >= 11 is 0.503. The molecular weight excluding hydrogens is 229 g/mol. The van der Waals surface area contributed by atoms with Gasteiger partial charge in [0.1, 0.15) is 0 Å². The molecule has 1 amide bonds. The summed E-state index contributed by atoms with van der Waals surface area (Å²) in [5, 5.41) is 2.68. The largest absolute Gasteiger partial charge is 0.443 e. The topological polar surface area (TPSA) is 42.0 Å². The molecule has 0 unspecified atom stereocenters. The lowest BCUT2D eigenvalue weighted by Gasteiger charge is -2.00. The van der Waals surface area contributed by atoms with Crippen LogP contribution in [-0.2, 0) is 17.5 Å². The minimum Gasteiger partial charge on any atom is -0.347 e. The summed E-state index contributed by atoms with van der Waals surface area (Å²) in [6.45, 7) is 3.18. The number of halogens is 3. The quantitative estimate of drug-likeness (QED) is 0.815. The second kappa shape index (κ2) is 4.43. The van der Waals surface area contributed by atoms with Gasteiger partial charge in [-0.1, -0.05) is 6.58 Å². The molecule has 0 aliphatic rings. The van der Waals surface area contributed by atoms with Gasteiger partial charge < -0.3 is 5.32 Å². The number of nitrogens with one attached hydrogen (secondary N) is 1. The fourth-order valence-corrected chi connectivity index (χ4v) is 1.46. The SMILES string of the molecule is C=CC(=O)NCc1csc(C(F)(F)F)n1. The summed E-state index contributed by atoms with van der Waals surface area (Å²) < 4.78 is 36.3. The molecule has 1 N–H and O–H groups in total. The third kappa shape index (κ3) is 3.35. The fourth-order valence-electron chi connectivity index (χ4n) is 0.768. The average molecular weight is 236 g/mol. The highest BCUT2D eigenvalue weighted by molar-refractivity contribution is 7.09. The van der Waals surface area contributed by atoms with Crippen LogP contribution < -0.4 is 5.32 Å². The van der Waals surface area contributed by atoms with Gasteiger partial charge in [-0.2, -0.15) is 13.2 Å². The van der Waals surface area contributed by atoms with E-state index < -0.39 is 17.1 Å². The van der Waals surface area contributed by atoms with Crippen LogP contribution in [0, 0.1) is 0 Å². The molecule has 0 spiro atoms. The molecule has 1 heterocycles. The van der Waals surface area contributed by atoms with Crippen molar-refractivity contribution < 1.29 is 18.0 Å². The van der Waals surface area contributed by atoms with Crippen LogP contribution in [0.25, 0.3) is 0 Å². The number of carbonyl (C=O) groups excluding carboxylic acids is 1. The van der Waals surface area contributed by atoms with E-state index in [9.17, 15) is 18.0 Å². The molecule has 0 saturated carbocycles. The smallest absolute Gasteiger partial charge is 0.347 e. The van der Waals surface area contributed by atoms with Crippen LogP contribution in [0.1, 0.15) is 10.7 Å². The molecule has 1 aromatic heterocycles. The highest BCUT2D eigenvalue weighted by Gasteiger charge is 2.34. The second-order valence-corrected chi connectivity index (χ2v) is 3.42. The Morgan fingerprint density at radius 1 is 1.67 bits per heavy atom. The first kappa shape index (κ1) is 11.7. The molecule has 0 aromatic carbocycles. The lowest BCUT2D eigenvalue weighted by atomic mass is 10.4. The van der Waals surface area contributed by atoms with E-state index in [0.717, 1.165) is 6.08 Å². The number of alkyl halides is 3. The van der Waals surface area contributed by atoms with Crippen molar-refractivity contribution in [2.24, 2.45) is 0 Å². The second-order valence-electron chi connectivity index (χ2n) is 2.56. The molecule has 0 aliphatic carbocycles. The zero-order valence-corrected chi connectivity index (χ0v) is 8.28. The Morgan fingerprint density at radius 2 is 2.33 bits per heavy atom. The minimum atomic E-state index is -4.43. The van der Waals surface area contributed by atoms with Crippen LogP contribution in [0.4, 0.5) is 13.2 Å². The maximum atomic E-state index is 12.1. The number of hydrogen-bond acceptors (Lipinski definition) is 3. The standard InChI is InChI=1S/C8H7F3N2OS/c1-2-6(14)12-3-5-4-15-7(13-5)8(9,10)11/h2,4H,1,3H2,(H,12,14). The number of aromatic nitrogens is 1. The van der Waals surface area contributed by atoms with Gasteiger partial charge >= 0.3 is 6.18 Å². The monoisotopic (exact) mass is 236 g/mol. The highest BCUT2D eigenvalue weighted by Crippen LogP contribution is 2.31. The van der Waals surface area contributed by atoms with Crippen LogP contribution >= 0.6 is 11.3 Å². The van der Waals surface area contributed by atoms with Crippen LogP contribution in [0.3, 0.4) is 0 Å². The van der Waals surface area contributed by atoms with E-state index in [1.807, 2.05) is 0 Å². The Hall–Kier alpha value is -1.37. The predicted octanol–water partition coefficient (Wildman–Crippen LogP) is 1.96. The van der Waals surface area contributed by atoms with Gasteiger partial charge in [-0.3, -0.25) is 4.79 Å². The van der Waals surface area contributed by atoms with Crippen LogP contribution in [0.2, 0.25) is 0 Å². The van der Waals surface area contributed by atoms with E-state index in [4.69, 9.17) is 0 Å². The Labute approximate surface area is 87.6 Å². The normalized spacial score (nSPS) is 11.1. The molecule has 0 bridgehead atoms. The van der Waals surface area contributed by atoms with E-state index in [1.54, 1.807) is 0 Å².